The van der Waals surface area contributed by atoms with Gasteiger partial charge in [-0.15, -0.1) is 0 Å². The van der Waals surface area contributed by atoms with Gasteiger partial charge in [-0.05, 0) is 12.1 Å². The van der Waals surface area contributed by atoms with E-state index in [0.29, 0.717) is 16.3 Å². The Morgan fingerprint density at radius 1 is 1.27 bits per heavy atom. The second-order valence-electron chi connectivity index (χ2n) is 3.01. The molecule has 2 aromatic rings. The zero-order valence-electron chi connectivity index (χ0n) is 7.90. The van der Waals surface area contributed by atoms with Crippen LogP contribution in [0.4, 0.5) is 17.3 Å². The van der Waals surface area contributed by atoms with Crippen LogP contribution in [0.5, 0.6) is 0 Å². The van der Waals surface area contributed by atoms with Crippen molar-refractivity contribution in [1.82, 2.24) is 9.97 Å². The van der Waals surface area contributed by atoms with Gasteiger partial charge in [-0.3, -0.25) is 0 Å². The molecule has 0 amide bonds. The third-order valence-electron chi connectivity index (χ3n) is 1.86. The largest absolute Gasteiger partial charge is 0.395 e. The Morgan fingerprint density at radius 2 is 2.00 bits per heavy atom. The quantitative estimate of drug-likeness (QED) is 0.677. The van der Waals surface area contributed by atoms with Crippen molar-refractivity contribution >= 4 is 29.5 Å². The minimum absolute atomic E-state index is 0.476. The standard InChI is InChI=1S/C10H10N4S/c11-8-6-12-10(14-9(8)15)13-7-4-2-1-3-5-7/h1-6H,11H2,(H2,12,13,14,15). The fraction of sp³-hybridized carbons (Fsp3) is 0. The summed E-state index contributed by atoms with van der Waals surface area (Å²) >= 11 is 5.00. The van der Waals surface area contributed by atoms with E-state index < -0.39 is 0 Å². The average molecular weight is 218 g/mol. The van der Waals surface area contributed by atoms with Gasteiger partial charge in [0, 0.05) is 5.69 Å². The van der Waals surface area contributed by atoms with Crippen molar-refractivity contribution < 1.29 is 0 Å². The number of H-pyrrole nitrogens is 1. The molecule has 0 unspecified atom stereocenters. The van der Waals surface area contributed by atoms with Crippen LogP contribution in [0.1, 0.15) is 0 Å². The van der Waals surface area contributed by atoms with E-state index in [1.54, 1.807) is 0 Å². The highest BCUT2D eigenvalue weighted by atomic mass is 32.1. The molecule has 1 heterocycles. The van der Waals surface area contributed by atoms with Gasteiger partial charge in [-0.2, -0.15) is 0 Å². The maximum absolute atomic E-state index is 5.56. The molecule has 0 atom stereocenters. The third kappa shape index (κ3) is 2.32. The van der Waals surface area contributed by atoms with E-state index in [9.17, 15) is 0 Å². The summed E-state index contributed by atoms with van der Waals surface area (Å²) in [6.07, 6.45) is 1.53. The van der Waals surface area contributed by atoms with E-state index in [4.69, 9.17) is 18.0 Å². The molecule has 15 heavy (non-hydrogen) atoms. The number of nitrogens with one attached hydrogen (secondary N) is 2. The fourth-order valence-corrected chi connectivity index (χ4v) is 1.28. The molecule has 4 N–H and O–H groups in total. The van der Waals surface area contributed by atoms with Gasteiger partial charge in [0.1, 0.15) is 4.64 Å². The topological polar surface area (TPSA) is 66.7 Å². The second-order valence-corrected chi connectivity index (χ2v) is 3.42. The summed E-state index contributed by atoms with van der Waals surface area (Å²) in [5.41, 5.74) is 6.98. The first-order valence-electron chi connectivity index (χ1n) is 4.42. The normalized spacial score (nSPS) is 9.87. The van der Waals surface area contributed by atoms with Crippen molar-refractivity contribution in [2.75, 3.05) is 11.1 Å². The molecule has 0 fully saturated rings. The summed E-state index contributed by atoms with van der Waals surface area (Å²) in [4.78, 5) is 6.97. The van der Waals surface area contributed by atoms with Crippen molar-refractivity contribution in [3.05, 3.63) is 41.2 Å². The minimum Gasteiger partial charge on any atom is -0.395 e. The first kappa shape index (κ1) is 9.67. The highest BCUT2D eigenvalue weighted by Gasteiger charge is 1.96. The maximum Gasteiger partial charge on any atom is 0.205 e. The average Bonchev–Trinajstić information content (AvgIpc) is 2.25. The summed E-state index contributed by atoms with van der Waals surface area (Å²) in [7, 11) is 0. The zero-order valence-corrected chi connectivity index (χ0v) is 8.71. The van der Waals surface area contributed by atoms with E-state index in [1.165, 1.54) is 6.20 Å². The monoisotopic (exact) mass is 218 g/mol. The predicted molar refractivity (Wildman–Crippen MR) is 63.6 cm³/mol. The summed E-state index contributed by atoms with van der Waals surface area (Å²) in [5.74, 6) is 0.584. The minimum atomic E-state index is 0.476. The van der Waals surface area contributed by atoms with E-state index in [2.05, 4.69) is 15.3 Å². The molecule has 76 valence electrons. The summed E-state index contributed by atoms with van der Waals surface area (Å²) in [6, 6.07) is 9.70. The number of benzene rings is 1. The lowest BCUT2D eigenvalue weighted by Crippen LogP contribution is -1.99. The number of anilines is 3. The first-order valence-corrected chi connectivity index (χ1v) is 4.83. The Kier molecular flexibility index (Phi) is 2.64. The van der Waals surface area contributed by atoms with Crippen molar-refractivity contribution in [1.29, 1.82) is 0 Å². The fourth-order valence-electron chi connectivity index (χ4n) is 1.13. The molecular formula is C10H10N4S. The van der Waals surface area contributed by atoms with Crippen LogP contribution in [-0.2, 0) is 0 Å². The van der Waals surface area contributed by atoms with Gasteiger partial charge in [0.15, 0.2) is 0 Å². The molecule has 1 aromatic carbocycles. The van der Waals surface area contributed by atoms with Gasteiger partial charge in [0.05, 0.1) is 11.9 Å². The lowest BCUT2D eigenvalue weighted by atomic mass is 10.3. The summed E-state index contributed by atoms with van der Waals surface area (Å²) in [6.45, 7) is 0. The van der Waals surface area contributed by atoms with Crippen LogP contribution in [0, 0.1) is 4.64 Å². The smallest absolute Gasteiger partial charge is 0.205 e. The molecule has 0 aliphatic carbocycles. The van der Waals surface area contributed by atoms with Crippen LogP contribution in [0.2, 0.25) is 0 Å². The van der Waals surface area contributed by atoms with Gasteiger partial charge in [0.2, 0.25) is 5.95 Å². The van der Waals surface area contributed by atoms with Crippen LogP contribution in [-0.4, -0.2) is 9.97 Å². The molecule has 0 bridgehead atoms. The molecule has 0 spiro atoms. The van der Waals surface area contributed by atoms with Crippen LogP contribution >= 0.6 is 12.2 Å². The number of nitrogen functional groups attached to an aromatic ring is 1. The molecule has 0 radical (unpaired) electrons. The zero-order chi connectivity index (χ0) is 10.7. The number of aromatic nitrogens is 2. The Morgan fingerprint density at radius 3 is 2.67 bits per heavy atom. The molecule has 2 rings (SSSR count). The highest BCUT2D eigenvalue weighted by molar-refractivity contribution is 7.71. The van der Waals surface area contributed by atoms with Crippen LogP contribution in [0.15, 0.2) is 36.5 Å². The van der Waals surface area contributed by atoms with Gasteiger partial charge in [0.25, 0.3) is 0 Å². The third-order valence-corrected chi connectivity index (χ3v) is 2.20. The molecule has 4 nitrogen and oxygen atoms in total. The highest BCUT2D eigenvalue weighted by Crippen LogP contribution is 2.12. The van der Waals surface area contributed by atoms with Crippen molar-refractivity contribution in [3.8, 4) is 0 Å². The first-order chi connectivity index (χ1) is 7.25. The molecule has 0 aliphatic heterocycles. The Labute approximate surface area is 92.2 Å². The number of nitrogens with two attached hydrogens (primary N) is 1. The number of rotatable bonds is 2. The van der Waals surface area contributed by atoms with E-state index in [0.717, 1.165) is 5.69 Å². The molecule has 0 saturated heterocycles. The molecule has 5 heteroatoms. The van der Waals surface area contributed by atoms with Gasteiger partial charge in [-0.25, -0.2) is 4.98 Å². The number of nitrogens with zero attached hydrogens (tertiary/aromatic N) is 1. The maximum atomic E-state index is 5.56. The number of hydrogen-bond acceptors (Lipinski definition) is 4. The van der Waals surface area contributed by atoms with Gasteiger partial charge < -0.3 is 16.0 Å². The molecule has 0 aliphatic rings. The molecule has 1 aromatic heterocycles. The van der Waals surface area contributed by atoms with Crippen LogP contribution in [0.25, 0.3) is 0 Å². The van der Waals surface area contributed by atoms with E-state index >= 15 is 0 Å². The van der Waals surface area contributed by atoms with Crippen molar-refractivity contribution in [2.24, 2.45) is 0 Å². The van der Waals surface area contributed by atoms with Crippen LogP contribution < -0.4 is 11.1 Å². The van der Waals surface area contributed by atoms with Crippen molar-refractivity contribution in [2.45, 2.75) is 0 Å². The molecule has 0 saturated carbocycles. The van der Waals surface area contributed by atoms with Crippen molar-refractivity contribution in [3.63, 3.8) is 0 Å². The lowest BCUT2D eigenvalue weighted by Gasteiger charge is -2.04. The number of para-hydroxylation sites is 1. The Balaban J connectivity index is 2.26. The summed E-state index contributed by atoms with van der Waals surface area (Å²) < 4.78 is 0.489. The van der Waals surface area contributed by atoms with Gasteiger partial charge >= 0.3 is 0 Å². The second kappa shape index (κ2) is 4.10. The SMILES string of the molecule is Nc1cnc(Nc2ccccc2)[nH]c1=S. The van der Waals surface area contributed by atoms with E-state index in [-0.39, 0.29) is 0 Å². The van der Waals surface area contributed by atoms with Crippen LogP contribution in [0.3, 0.4) is 0 Å². The molecular weight excluding hydrogens is 208 g/mol. The predicted octanol–water partition coefficient (Wildman–Crippen LogP) is 2.46. The van der Waals surface area contributed by atoms with E-state index in [1.807, 2.05) is 30.3 Å². The summed E-state index contributed by atoms with van der Waals surface area (Å²) in [5, 5.41) is 3.08. The van der Waals surface area contributed by atoms with Gasteiger partial charge in [-0.1, -0.05) is 30.4 Å². The Hall–Kier alpha value is -1.88. The lowest BCUT2D eigenvalue weighted by molar-refractivity contribution is 1.16. The Bertz CT molecular complexity index is 506. The number of hydrogen-bond donors (Lipinski definition) is 3. The number of aromatic amines is 1.